The molecule has 0 saturated carbocycles. The third kappa shape index (κ3) is 6.21. The normalized spacial score (nSPS) is 15.4. The summed E-state index contributed by atoms with van der Waals surface area (Å²) in [6.07, 6.45) is -0.617. The molecule has 0 N–H and O–H groups in total. The summed E-state index contributed by atoms with van der Waals surface area (Å²) in [5.74, 6) is 0.00751. The summed E-state index contributed by atoms with van der Waals surface area (Å²) in [4.78, 5) is 30.7. The molecule has 0 unspecified atom stereocenters. The average molecular weight is 492 g/mol. The molecule has 1 aliphatic heterocycles. The number of carbonyl (C=O) groups is 2. The van der Waals surface area contributed by atoms with Gasteiger partial charge in [-0.15, -0.1) is 0 Å². The monoisotopic (exact) mass is 491 g/mol. The molecule has 3 aromatic carbocycles. The summed E-state index contributed by atoms with van der Waals surface area (Å²) in [7, 11) is 5.81. The van der Waals surface area contributed by atoms with Gasteiger partial charge in [0, 0.05) is 37.3 Å². The molecule has 2 amide bonds. The van der Waals surface area contributed by atoms with Crippen LogP contribution in [0.2, 0.25) is 5.02 Å². The second-order valence-corrected chi connectivity index (χ2v) is 9.55. The van der Waals surface area contributed by atoms with Gasteiger partial charge in [0.25, 0.3) is 5.91 Å². The Kier molecular flexibility index (Phi) is 7.73. The lowest BCUT2D eigenvalue weighted by Crippen LogP contribution is -2.33. The van der Waals surface area contributed by atoms with Gasteiger partial charge < -0.3 is 14.5 Å². The lowest BCUT2D eigenvalue weighted by atomic mass is 10.0. The number of amides is 2. The topological polar surface area (TPSA) is 53.1 Å². The first-order chi connectivity index (χ1) is 16.8. The van der Waals surface area contributed by atoms with Crippen molar-refractivity contribution in [2.75, 3.05) is 40.8 Å². The minimum atomic E-state index is -0.321. The van der Waals surface area contributed by atoms with Crippen LogP contribution >= 0.6 is 11.6 Å². The van der Waals surface area contributed by atoms with Crippen LogP contribution in [0.25, 0.3) is 11.1 Å². The molecule has 3 aromatic rings. The van der Waals surface area contributed by atoms with Crippen molar-refractivity contribution >= 4 is 23.6 Å². The van der Waals surface area contributed by atoms with Crippen molar-refractivity contribution in [2.45, 2.75) is 12.6 Å². The van der Waals surface area contributed by atoms with Crippen molar-refractivity contribution in [1.82, 2.24) is 14.7 Å². The highest BCUT2D eigenvalue weighted by molar-refractivity contribution is 6.30. The van der Waals surface area contributed by atoms with Crippen molar-refractivity contribution in [3.63, 3.8) is 0 Å². The van der Waals surface area contributed by atoms with Gasteiger partial charge in [-0.25, -0.2) is 4.79 Å². The molecule has 7 heteroatoms. The molecule has 4 rings (SSSR count). The maximum Gasteiger partial charge on any atom is 0.410 e. The fourth-order valence-corrected chi connectivity index (χ4v) is 4.14. The van der Waals surface area contributed by atoms with E-state index < -0.39 is 0 Å². The van der Waals surface area contributed by atoms with Crippen LogP contribution < -0.4 is 0 Å². The van der Waals surface area contributed by atoms with Crippen molar-refractivity contribution in [1.29, 1.82) is 0 Å². The largest absolute Gasteiger partial charge is 0.439 e. The highest BCUT2D eigenvalue weighted by atomic mass is 35.5. The number of nitrogens with zero attached hydrogens (tertiary/aromatic N) is 3. The van der Waals surface area contributed by atoms with E-state index in [1.165, 1.54) is 0 Å². The lowest BCUT2D eigenvalue weighted by molar-refractivity contribution is 0.0786. The molecule has 1 heterocycles. The molecule has 0 spiro atoms. The zero-order chi connectivity index (χ0) is 24.9. The number of likely N-dealkylation sites (N-methyl/N-ethyl adjacent to an activating group) is 2. The molecule has 0 aliphatic carbocycles. The number of halogens is 1. The van der Waals surface area contributed by atoms with Crippen LogP contribution in [0.15, 0.2) is 72.8 Å². The molecule has 182 valence electrons. The first-order valence-electron chi connectivity index (χ1n) is 11.6. The molecule has 0 bridgehead atoms. The number of hydrogen-bond acceptors (Lipinski definition) is 4. The third-order valence-corrected chi connectivity index (χ3v) is 6.38. The van der Waals surface area contributed by atoms with Crippen molar-refractivity contribution in [3.05, 3.63) is 94.5 Å². The maximum absolute atomic E-state index is 12.8. The number of carbonyl (C=O) groups excluding carboxylic acids is 2. The van der Waals surface area contributed by atoms with Crippen molar-refractivity contribution < 1.29 is 14.3 Å². The fraction of sp³-hybridized carbons (Fsp3) is 0.286. The van der Waals surface area contributed by atoms with E-state index in [9.17, 15) is 9.59 Å². The molecule has 0 radical (unpaired) electrons. The van der Waals surface area contributed by atoms with Gasteiger partial charge in [-0.05, 0) is 60.6 Å². The Labute approximate surface area is 211 Å². The maximum atomic E-state index is 12.8. The fourth-order valence-electron chi connectivity index (χ4n) is 4.01. The van der Waals surface area contributed by atoms with Crippen LogP contribution in [-0.4, -0.2) is 67.5 Å². The zero-order valence-corrected chi connectivity index (χ0v) is 21.0. The molecule has 6 nitrogen and oxygen atoms in total. The first-order valence-corrected chi connectivity index (χ1v) is 12.0. The van der Waals surface area contributed by atoms with E-state index in [0.29, 0.717) is 30.2 Å². The van der Waals surface area contributed by atoms with Crippen LogP contribution in [0.3, 0.4) is 0 Å². The van der Waals surface area contributed by atoms with Gasteiger partial charge in [-0.2, -0.15) is 0 Å². The van der Waals surface area contributed by atoms with Crippen LogP contribution in [0, 0.1) is 0 Å². The Morgan fingerprint density at radius 3 is 2.37 bits per heavy atom. The Bertz CT molecular complexity index is 1180. The summed E-state index contributed by atoms with van der Waals surface area (Å²) >= 11 is 5.96. The van der Waals surface area contributed by atoms with Gasteiger partial charge in [-0.3, -0.25) is 9.69 Å². The minimum absolute atomic E-state index is 0.00751. The van der Waals surface area contributed by atoms with Crippen LogP contribution in [0.1, 0.15) is 27.6 Å². The Morgan fingerprint density at radius 1 is 0.971 bits per heavy atom. The molecule has 0 aromatic heterocycles. The van der Waals surface area contributed by atoms with Gasteiger partial charge in [0.1, 0.15) is 6.10 Å². The second-order valence-electron chi connectivity index (χ2n) is 9.11. The molecule has 1 aliphatic rings. The number of rotatable bonds is 8. The lowest BCUT2D eigenvalue weighted by Gasteiger charge is -2.20. The van der Waals surface area contributed by atoms with E-state index in [1.54, 1.807) is 21.9 Å². The van der Waals surface area contributed by atoms with E-state index >= 15 is 0 Å². The summed E-state index contributed by atoms with van der Waals surface area (Å²) in [6, 6.07) is 23.1. The van der Waals surface area contributed by atoms with E-state index in [2.05, 4.69) is 4.90 Å². The predicted octanol–water partition coefficient (Wildman–Crippen LogP) is 5.33. The predicted molar refractivity (Wildman–Crippen MR) is 138 cm³/mol. The molecule has 1 saturated heterocycles. The summed E-state index contributed by atoms with van der Waals surface area (Å²) in [5, 5.41) is 0.654. The van der Waals surface area contributed by atoms with Gasteiger partial charge in [-0.1, -0.05) is 60.1 Å². The quantitative estimate of drug-likeness (QED) is 0.427. The molecule has 35 heavy (non-hydrogen) atoms. The van der Waals surface area contributed by atoms with E-state index in [-0.39, 0.29) is 18.1 Å². The van der Waals surface area contributed by atoms with Crippen LogP contribution in [0.5, 0.6) is 0 Å². The Balaban J connectivity index is 1.40. The average Bonchev–Trinajstić information content (AvgIpc) is 3.22. The molecular formula is C28H30ClN3O3. The van der Waals surface area contributed by atoms with E-state index in [0.717, 1.165) is 28.8 Å². The number of benzene rings is 3. The van der Waals surface area contributed by atoms with Crippen molar-refractivity contribution in [2.24, 2.45) is 0 Å². The van der Waals surface area contributed by atoms with Gasteiger partial charge in [0.05, 0.1) is 6.54 Å². The number of ether oxygens (including phenoxy) is 1. The zero-order valence-electron chi connectivity index (χ0n) is 20.3. The van der Waals surface area contributed by atoms with Crippen molar-refractivity contribution in [3.8, 4) is 11.1 Å². The molecule has 1 fully saturated rings. The number of hydrogen-bond donors (Lipinski definition) is 0. The molecular weight excluding hydrogens is 462 g/mol. The van der Waals surface area contributed by atoms with Crippen LogP contribution in [-0.2, 0) is 11.3 Å². The van der Waals surface area contributed by atoms with Gasteiger partial charge in [0.2, 0.25) is 0 Å². The highest BCUT2D eigenvalue weighted by Gasteiger charge is 2.32. The standard InChI is InChI=1S/C28H30ClN3O3/c1-30(2)15-16-31(3)27(33)24-6-4-5-23(17-24)21-9-7-20(8-10-21)18-32-19-26(35-28(32)34)22-11-13-25(29)14-12-22/h4-14,17,26H,15-16,18-19H2,1-3H3/t26-/m0/s1. The smallest absolute Gasteiger partial charge is 0.410 e. The van der Waals surface area contributed by atoms with E-state index in [1.807, 2.05) is 81.8 Å². The first kappa shape index (κ1) is 24.8. The Morgan fingerprint density at radius 2 is 1.69 bits per heavy atom. The van der Waals surface area contributed by atoms with Gasteiger partial charge in [0.15, 0.2) is 0 Å². The van der Waals surface area contributed by atoms with Crippen LogP contribution in [0.4, 0.5) is 4.79 Å². The minimum Gasteiger partial charge on any atom is -0.439 e. The van der Waals surface area contributed by atoms with Gasteiger partial charge >= 0.3 is 6.09 Å². The SMILES string of the molecule is CN(C)CCN(C)C(=O)c1cccc(-c2ccc(CN3C[C@@H](c4ccc(Cl)cc4)OC3=O)cc2)c1. The molecule has 1 atom stereocenters. The Hall–Kier alpha value is -3.35. The number of cyclic esters (lactones) is 1. The summed E-state index contributed by atoms with van der Waals surface area (Å²) in [5.41, 5.74) is 4.61. The summed E-state index contributed by atoms with van der Waals surface area (Å²) in [6.45, 7) is 2.45. The highest BCUT2D eigenvalue weighted by Crippen LogP contribution is 2.29. The summed E-state index contributed by atoms with van der Waals surface area (Å²) < 4.78 is 5.56. The third-order valence-electron chi connectivity index (χ3n) is 6.13. The second kappa shape index (κ2) is 10.9. The van der Waals surface area contributed by atoms with E-state index in [4.69, 9.17) is 16.3 Å².